The molecule has 34 heavy (non-hydrogen) atoms. The number of hydrogen-bond acceptors (Lipinski definition) is 5. The van der Waals surface area contributed by atoms with Gasteiger partial charge in [-0.1, -0.05) is 18.2 Å². The van der Waals surface area contributed by atoms with Gasteiger partial charge in [0.15, 0.2) is 11.6 Å². The number of aryl methyl sites for hydroxylation is 1. The minimum absolute atomic E-state index is 0.00407. The molecule has 182 valence electrons. The van der Waals surface area contributed by atoms with E-state index in [9.17, 15) is 14.4 Å². The number of amides is 3. The van der Waals surface area contributed by atoms with Gasteiger partial charge in [-0.3, -0.25) is 14.4 Å². The van der Waals surface area contributed by atoms with Crippen LogP contribution in [-0.4, -0.2) is 65.2 Å². The third-order valence-corrected chi connectivity index (χ3v) is 6.84. The molecular weight excluding hydrogens is 432 g/mol. The molecule has 8 heteroatoms. The first kappa shape index (κ1) is 24.0. The topological polar surface area (TPSA) is 87.0 Å². The average Bonchev–Trinajstić information content (AvgIpc) is 3.54. The number of oxazole rings is 1. The molecule has 0 spiro atoms. The Morgan fingerprint density at radius 1 is 1.00 bits per heavy atom. The van der Waals surface area contributed by atoms with Crippen LogP contribution in [0.5, 0.6) is 0 Å². The maximum absolute atomic E-state index is 12.8. The van der Waals surface area contributed by atoms with Crippen molar-refractivity contribution in [2.45, 2.75) is 58.3 Å². The second-order valence-corrected chi connectivity index (χ2v) is 9.08. The summed E-state index contributed by atoms with van der Waals surface area (Å²) in [6.45, 7) is 7.07. The number of anilines is 1. The van der Waals surface area contributed by atoms with E-state index in [1.165, 1.54) is 0 Å². The summed E-state index contributed by atoms with van der Waals surface area (Å²) in [5.74, 6) is 1.19. The zero-order valence-corrected chi connectivity index (χ0v) is 20.2. The van der Waals surface area contributed by atoms with Crippen LogP contribution < -0.4 is 4.90 Å². The van der Waals surface area contributed by atoms with Crippen LogP contribution in [0.15, 0.2) is 34.7 Å². The molecule has 0 unspecified atom stereocenters. The third kappa shape index (κ3) is 5.32. The molecule has 2 fully saturated rings. The molecule has 1 aromatic carbocycles. The number of hydrogen-bond donors (Lipinski definition) is 0. The number of likely N-dealkylation sites (tertiary alicyclic amines) is 2. The van der Waals surface area contributed by atoms with Crippen LogP contribution in [0.1, 0.15) is 73.5 Å². The minimum Gasteiger partial charge on any atom is -0.445 e. The molecule has 1 aromatic heterocycles. The largest absolute Gasteiger partial charge is 0.445 e. The van der Waals surface area contributed by atoms with Gasteiger partial charge >= 0.3 is 0 Å². The number of piperidine rings is 1. The highest BCUT2D eigenvalue weighted by Gasteiger charge is 2.30. The Bertz CT molecular complexity index is 1010. The van der Waals surface area contributed by atoms with Crippen molar-refractivity contribution in [1.82, 2.24) is 14.8 Å². The normalized spacial score (nSPS) is 16.6. The van der Waals surface area contributed by atoms with Gasteiger partial charge in [-0.2, -0.15) is 0 Å². The Balaban J connectivity index is 1.27. The molecule has 0 N–H and O–H groups in total. The van der Waals surface area contributed by atoms with Crippen molar-refractivity contribution < 1.29 is 18.8 Å². The summed E-state index contributed by atoms with van der Waals surface area (Å²) >= 11 is 0. The van der Waals surface area contributed by atoms with Crippen LogP contribution in [0.4, 0.5) is 5.69 Å². The lowest BCUT2D eigenvalue weighted by molar-refractivity contribution is -0.134. The number of nitrogens with zero attached hydrogens (tertiary/aromatic N) is 4. The standard InChI is InChI=1S/C26H34N4O4/c1-3-30(21-9-5-4-6-10-21)23(32)12-11-22(31)28-17-13-20(14-18-28)25-27-24(19(2)34-25)26(33)29-15-7-8-16-29/h4-6,9-10,20H,3,7-8,11-18H2,1-2H3. The molecule has 0 bridgehead atoms. The van der Waals surface area contributed by atoms with Gasteiger partial charge in [-0.15, -0.1) is 0 Å². The minimum atomic E-state index is -0.0427. The van der Waals surface area contributed by atoms with E-state index in [-0.39, 0.29) is 36.5 Å². The van der Waals surface area contributed by atoms with Crippen molar-refractivity contribution in [3.63, 3.8) is 0 Å². The van der Waals surface area contributed by atoms with Gasteiger partial charge in [0.05, 0.1) is 0 Å². The van der Waals surface area contributed by atoms with Gasteiger partial charge in [-0.05, 0) is 51.7 Å². The smallest absolute Gasteiger partial charge is 0.276 e. The fraction of sp³-hybridized carbons (Fsp3) is 0.538. The molecule has 4 rings (SSSR count). The van der Waals surface area contributed by atoms with E-state index in [1.54, 1.807) is 11.8 Å². The highest BCUT2D eigenvalue weighted by molar-refractivity contribution is 5.95. The second kappa shape index (κ2) is 10.8. The van der Waals surface area contributed by atoms with E-state index < -0.39 is 0 Å². The van der Waals surface area contributed by atoms with E-state index >= 15 is 0 Å². The molecule has 0 aliphatic carbocycles. The first-order valence-corrected chi connectivity index (χ1v) is 12.4. The highest BCUT2D eigenvalue weighted by atomic mass is 16.4. The SMILES string of the molecule is CCN(C(=O)CCC(=O)N1CCC(c2nc(C(=O)N3CCCC3)c(C)o2)CC1)c1ccccc1. The van der Waals surface area contributed by atoms with Crippen molar-refractivity contribution in [2.24, 2.45) is 0 Å². The van der Waals surface area contributed by atoms with Crippen LogP contribution in [0.25, 0.3) is 0 Å². The molecule has 0 radical (unpaired) electrons. The fourth-order valence-corrected chi connectivity index (χ4v) is 4.85. The summed E-state index contributed by atoms with van der Waals surface area (Å²) in [5.41, 5.74) is 1.28. The van der Waals surface area contributed by atoms with Crippen molar-refractivity contribution in [3.8, 4) is 0 Å². The van der Waals surface area contributed by atoms with Crippen molar-refractivity contribution in [3.05, 3.63) is 47.7 Å². The molecule has 2 aliphatic rings. The van der Waals surface area contributed by atoms with E-state index in [1.807, 2.05) is 47.1 Å². The Morgan fingerprint density at radius 2 is 1.68 bits per heavy atom. The number of rotatable bonds is 7. The summed E-state index contributed by atoms with van der Waals surface area (Å²) in [6, 6.07) is 9.54. The van der Waals surface area contributed by atoms with E-state index in [4.69, 9.17) is 4.42 Å². The molecule has 0 atom stereocenters. The monoisotopic (exact) mass is 466 g/mol. The number of aromatic nitrogens is 1. The molecule has 2 aliphatic heterocycles. The molecule has 3 amide bonds. The van der Waals surface area contributed by atoms with Gasteiger partial charge in [-0.25, -0.2) is 4.98 Å². The highest BCUT2D eigenvalue weighted by Crippen LogP contribution is 2.30. The molecule has 3 heterocycles. The van der Waals surface area contributed by atoms with Gasteiger partial charge < -0.3 is 19.1 Å². The maximum atomic E-state index is 12.8. The van der Waals surface area contributed by atoms with Crippen molar-refractivity contribution in [2.75, 3.05) is 37.6 Å². The lowest BCUT2D eigenvalue weighted by Crippen LogP contribution is -2.39. The molecule has 8 nitrogen and oxygen atoms in total. The van der Waals surface area contributed by atoms with E-state index in [2.05, 4.69) is 4.98 Å². The summed E-state index contributed by atoms with van der Waals surface area (Å²) in [7, 11) is 0. The number of para-hydroxylation sites is 1. The predicted molar refractivity (Wildman–Crippen MR) is 129 cm³/mol. The van der Waals surface area contributed by atoms with Crippen LogP contribution in [0, 0.1) is 6.92 Å². The number of carbonyl (C=O) groups excluding carboxylic acids is 3. The van der Waals surface area contributed by atoms with Gasteiger partial charge in [0.1, 0.15) is 5.76 Å². The zero-order chi connectivity index (χ0) is 24.1. The number of carbonyl (C=O) groups is 3. The number of benzene rings is 1. The molecule has 0 saturated carbocycles. The molecule has 2 saturated heterocycles. The fourth-order valence-electron chi connectivity index (χ4n) is 4.85. The quantitative estimate of drug-likeness (QED) is 0.620. The Morgan fingerprint density at radius 3 is 2.32 bits per heavy atom. The Hall–Kier alpha value is -3.16. The van der Waals surface area contributed by atoms with Gasteiger partial charge in [0, 0.05) is 57.2 Å². The van der Waals surface area contributed by atoms with Gasteiger partial charge in [0.2, 0.25) is 11.8 Å². The summed E-state index contributed by atoms with van der Waals surface area (Å²) in [6.07, 6.45) is 3.96. The lowest BCUT2D eigenvalue weighted by atomic mass is 9.96. The van der Waals surface area contributed by atoms with E-state index in [0.717, 1.165) is 44.5 Å². The van der Waals surface area contributed by atoms with Crippen molar-refractivity contribution >= 4 is 23.4 Å². The Labute approximate surface area is 200 Å². The second-order valence-electron chi connectivity index (χ2n) is 9.08. The third-order valence-electron chi connectivity index (χ3n) is 6.84. The zero-order valence-electron chi connectivity index (χ0n) is 20.2. The predicted octanol–water partition coefficient (Wildman–Crippen LogP) is 3.76. The summed E-state index contributed by atoms with van der Waals surface area (Å²) in [5, 5.41) is 0. The van der Waals surface area contributed by atoms with Crippen LogP contribution in [0.3, 0.4) is 0 Å². The summed E-state index contributed by atoms with van der Waals surface area (Å²) in [4.78, 5) is 48.1. The molecular formula is C26H34N4O4. The first-order chi connectivity index (χ1) is 16.5. The van der Waals surface area contributed by atoms with Crippen LogP contribution in [-0.2, 0) is 9.59 Å². The van der Waals surface area contributed by atoms with Crippen LogP contribution in [0.2, 0.25) is 0 Å². The van der Waals surface area contributed by atoms with Gasteiger partial charge in [0.25, 0.3) is 5.91 Å². The maximum Gasteiger partial charge on any atom is 0.276 e. The summed E-state index contributed by atoms with van der Waals surface area (Å²) < 4.78 is 5.88. The van der Waals surface area contributed by atoms with Crippen LogP contribution >= 0.6 is 0 Å². The lowest BCUT2D eigenvalue weighted by Gasteiger charge is -2.31. The van der Waals surface area contributed by atoms with Crippen molar-refractivity contribution in [1.29, 1.82) is 0 Å². The molecule has 2 aromatic rings. The Kier molecular flexibility index (Phi) is 7.65. The first-order valence-electron chi connectivity index (χ1n) is 12.4. The average molecular weight is 467 g/mol. The van der Waals surface area contributed by atoms with E-state index in [0.29, 0.717) is 37.0 Å².